The number of nitrogens with one attached hydrogen (secondary N) is 2. The van der Waals surface area contributed by atoms with Gasteiger partial charge in [0.1, 0.15) is 18.2 Å². The molecule has 43 heavy (non-hydrogen) atoms. The summed E-state index contributed by atoms with van der Waals surface area (Å²) in [6.45, 7) is -0.233. The molecule has 3 aliphatic heterocycles. The van der Waals surface area contributed by atoms with E-state index >= 15 is 0 Å². The summed E-state index contributed by atoms with van der Waals surface area (Å²) in [5.41, 5.74) is 3.12. The van der Waals surface area contributed by atoms with Crippen molar-refractivity contribution in [3.05, 3.63) is 90.5 Å². The topological polar surface area (TPSA) is 129 Å². The molecule has 1 spiro atoms. The number of amides is 3. The van der Waals surface area contributed by atoms with Gasteiger partial charge in [0, 0.05) is 10.9 Å². The maximum absolute atomic E-state index is 14.5. The molecule has 3 aromatic carbocycles. The van der Waals surface area contributed by atoms with Gasteiger partial charge in [-0.15, -0.1) is 16.9 Å². The van der Waals surface area contributed by atoms with Gasteiger partial charge in [0.05, 0.1) is 34.7 Å². The Morgan fingerprint density at radius 1 is 1.00 bits per heavy atom. The zero-order chi connectivity index (χ0) is 29.6. The molecule has 3 fully saturated rings. The van der Waals surface area contributed by atoms with Gasteiger partial charge < -0.3 is 20.6 Å². The molecule has 2 unspecified atom stereocenters. The molecule has 220 valence electrons. The van der Waals surface area contributed by atoms with Crippen LogP contribution in [0.3, 0.4) is 0 Å². The number of fused-ring (bicyclic) bond motifs is 2. The van der Waals surface area contributed by atoms with E-state index in [4.69, 9.17) is 0 Å². The third-order valence-electron chi connectivity index (χ3n) is 9.07. The zero-order valence-corrected chi connectivity index (χ0v) is 24.2. The van der Waals surface area contributed by atoms with Crippen LogP contribution >= 0.6 is 11.8 Å². The molecule has 1 aromatic heterocycles. The highest BCUT2D eigenvalue weighted by Crippen LogP contribution is 2.66. The Kier molecular flexibility index (Phi) is 7.14. The minimum atomic E-state index is -0.856. The number of hydrogen-bond acceptors (Lipinski definition) is 7. The molecule has 0 radical (unpaired) electrons. The Hall–Kier alpha value is -4.22. The van der Waals surface area contributed by atoms with E-state index in [1.165, 1.54) is 0 Å². The summed E-state index contributed by atoms with van der Waals surface area (Å²) in [6.07, 6.45) is 1.76. The van der Waals surface area contributed by atoms with Crippen LogP contribution in [0.5, 0.6) is 0 Å². The van der Waals surface area contributed by atoms with Gasteiger partial charge in [-0.05, 0) is 49.1 Å². The Morgan fingerprint density at radius 3 is 2.49 bits per heavy atom. The Bertz CT molecular complexity index is 1670. The second-order valence-corrected chi connectivity index (χ2v) is 13.1. The number of nitrogens with zero attached hydrogens (tertiary/aromatic N) is 4. The van der Waals surface area contributed by atoms with E-state index in [1.54, 1.807) is 21.3 Å². The molecule has 11 heteroatoms. The molecule has 3 saturated heterocycles. The van der Waals surface area contributed by atoms with Crippen LogP contribution in [0, 0.1) is 11.8 Å². The highest BCUT2D eigenvalue weighted by molar-refractivity contribution is 8.02. The molecule has 0 aliphatic carbocycles. The smallest absolute Gasteiger partial charge is 0.245 e. The van der Waals surface area contributed by atoms with Gasteiger partial charge in [-0.2, -0.15) is 0 Å². The highest BCUT2D eigenvalue weighted by Gasteiger charge is 2.74. The average Bonchev–Trinajstić information content (AvgIpc) is 3.79. The molecule has 4 aromatic rings. The minimum Gasteiger partial charge on any atom is -0.394 e. The molecule has 6 atom stereocenters. The second kappa shape index (κ2) is 11.1. The fraction of sp³-hybridized carbons (Fsp3) is 0.344. The zero-order valence-electron chi connectivity index (χ0n) is 23.4. The van der Waals surface area contributed by atoms with E-state index in [-0.39, 0.29) is 36.2 Å². The normalized spacial score (nSPS) is 26.4. The van der Waals surface area contributed by atoms with E-state index in [2.05, 4.69) is 20.9 Å². The second-order valence-electron chi connectivity index (χ2n) is 11.5. The summed E-state index contributed by atoms with van der Waals surface area (Å²) in [4.78, 5) is 44.0. The first-order valence-corrected chi connectivity index (χ1v) is 15.4. The number of para-hydroxylation sites is 2. The fourth-order valence-corrected chi connectivity index (χ4v) is 9.46. The van der Waals surface area contributed by atoms with Crippen LogP contribution in [0.2, 0.25) is 0 Å². The lowest BCUT2D eigenvalue weighted by Gasteiger charge is -2.37. The van der Waals surface area contributed by atoms with E-state index in [0.29, 0.717) is 24.0 Å². The molecular formula is C32H32N6O4S. The number of carbonyl (C=O) groups excluding carboxylic acids is 3. The lowest BCUT2D eigenvalue weighted by molar-refractivity contribution is -0.142. The first-order valence-electron chi connectivity index (χ1n) is 14.6. The third kappa shape index (κ3) is 4.67. The Balaban J connectivity index is 1.22. The van der Waals surface area contributed by atoms with Crippen LogP contribution in [0.4, 0.5) is 5.69 Å². The van der Waals surface area contributed by atoms with Gasteiger partial charge in [0.15, 0.2) is 0 Å². The SMILES string of the molecule is O=C(NCn1nnc2ccccc21)C1N([C@@H](CO)Cc2ccccc2)C(=O)[C@@H]2[C@@H](C(=O)Nc3ccccc3)[C@H]3CCC12S3. The molecule has 10 nitrogen and oxygen atoms in total. The van der Waals surface area contributed by atoms with Crippen molar-refractivity contribution < 1.29 is 19.5 Å². The largest absolute Gasteiger partial charge is 0.394 e. The molecule has 4 heterocycles. The van der Waals surface area contributed by atoms with Crippen molar-refractivity contribution >= 4 is 46.2 Å². The number of benzene rings is 3. The number of aliphatic hydroxyl groups is 1. The van der Waals surface area contributed by atoms with Crippen LogP contribution in [-0.4, -0.2) is 71.4 Å². The number of likely N-dealkylation sites (tertiary alicyclic amines) is 1. The molecule has 0 saturated carbocycles. The van der Waals surface area contributed by atoms with E-state index in [0.717, 1.165) is 17.5 Å². The number of aliphatic hydroxyl groups excluding tert-OH is 1. The van der Waals surface area contributed by atoms with Gasteiger partial charge in [-0.25, -0.2) is 4.68 Å². The van der Waals surface area contributed by atoms with Crippen molar-refractivity contribution in [2.75, 3.05) is 11.9 Å². The summed E-state index contributed by atoms with van der Waals surface area (Å²) < 4.78 is 0.839. The number of anilines is 1. The quantitative estimate of drug-likeness (QED) is 0.271. The maximum atomic E-state index is 14.5. The van der Waals surface area contributed by atoms with E-state index in [1.807, 2.05) is 84.9 Å². The Morgan fingerprint density at radius 2 is 1.72 bits per heavy atom. The van der Waals surface area contributed by atoms with Crippen molar-refractivity contribution in [1.82, 2.24) is 25.2 Å². The number of hydrogen-bond donors (Lipinski definition) is 3. The monoisotopic (exact) mass is 596 g/mol. The summed E-state index contributed by atoms with van der Waals surface area (Å²) >= 11 is 1.60. The summed E-state index contributed by atoms with van der Waals surface area (Å²) in [5, 5.41) is 25.0. The molecule has 3 aliphatic rings. The number of carbonyl (C=O) groups is 3. The van der Waals surface area contributed by atoms with E-state index < -0.39 is 28.7 Å². The standard InChI is InChI=1S/C32H32N6O4S/c39-18-22(17-20-9-3-1-4-10-20)38-28(30(41)33-19-37-24-14-8-7-13-23(24)35-36-37)32-16-15-25(43-32)26(27(32)31(38)42)29(40)34-21-11-5-2-6-12-21/h1-14,22,25-28,39H,15-19H2,(H,33,41)(H,34,40)/t22-,25-,26+,27+,28?,32?/m1/s1. The maximum Gasteiger partial charge on any atom is 0.245 e. The van der Waals surface area contributed by atoms with Crippen LogP contribution in [0.1, 0.15) is 18.4 Å². The molecular weight excluding hydrogens is 564 g/mol. The van der Waals surface area contributed by atoms with Gasteiger partial charge in [-0.1, -0.05) is 65.9 Å². The van der Waals surface area contributed by atoms with Gasteiger partial charge in [0.2, 0.25) is 17.7 Å². The lowest BCUT2D eigenvalue weighted by Crippen LogP contribution is -2.57. The first-order chi connectivity index (χ1) is 21.0. The lowest BCUT2D eigenvalue weighted by atomic mass is 9.70. The summed E-state index contributed by atoms with van der Waals surface area (Å²) in [5.74, 6) is -2.03. The van der Waals surface area contributed by atoms with Crippen LogP contribution in [0.25, 0.3) is 11.0 Å². The number of aromatic nitrogens is 3. The van der Waals surface area contributed by atoms with Gasteiger partial charge in [-0.3, -0.25) is 14.4 Å². The number of rotatable bonds is 9. The van der Waals surface area contributed by atoms with Crippen molar-refractivity contribution in [3.8, 4) is 0 Å². The third-order valence-corrected chi connectivity index (χ3v) is 11.0. The van der Waals surface area contributed by atoms with Gasteiger partial charge in [0.25, 0.3) is 0 Å². The predicted molar refractivity (Wildman–Crippen MR) is 163 cm³/mol. The van der Waals surface area contributed by atoms with Crippen molar-refractivity contribution in [1.29, 1.82) is 0 Å². The minimum absolute atomic E-state index is 0.0731. The van der Waals surface area contributed by atoms with Gasteiger partial charge >= 0.3 is 0 Å². The highest BCUT2D eigenvalue weighted by atomic mass is 32.2. The van der Waals surface area contributed by atoms with Crippen molar-refractivity contribution in [2.24, 2.45) is 11.8 Å². The molecule has 2 bridgehead atoms. The van der Waals surface area contributed by atoms with Crippen LogP contribution in [-0.2, 0) is 27.5 Å². The first kappa shape index (κ1) is 27.6. The number of thioether (sulfide) groups is 1. The Labute approximate surface area is 252 Å². The van der Waals surface area contributed by atoms with Crippen LogP contribution in [0.15, 0.2) is 84.9 Å². The van der Waals surface area contributed by atoms with Crippen molar-refractivity contribution in [2.45, 2.75) is 48.0 Å². The molecule has 3 amide bonds. The molecule has 3 N–H and O–H groups in total. The van der Waals surface area contributed by atoms with Crippen molar-refractivity contribution in [3.63, 3.8) is 0 Å². The average molecular weight is 597 g/mol. The molecule has 7 rings (SSSR count). The fourth-order valence-electron chi connectivity index (χ4n) is 7.25. The van der Waals surface area contributed by atoms with Crippen LogP contribution < -0.4 is 10.6 Å². The summed E-state index contributed by atoms with van der Waals surface area (Å²) in [7, 11) is 0. The summed E-state index contributed by atoms with van der Waals surface area (Å²) in [6, 6.07) is 24.9. The van der Waals surface area contributed by atoms with E-state index in [9.17, 15) is 19.5 Å². The predicted octanol–water partition coefficient (Wildman–Crippen LogP) is 2.84.